The van der Waals surface area contributed by atoms with Gasteiger partial charge >= 0.3 is 0 Å². The molecule has 2 atom stereocenters. The summed E-state index contributed by atoms with van der Waals surface area (Å²) in [5.74, 6) is 0.0912. The predicted octanol–water partition coefficient (Wildman–Crippen LogP) is 2.56. The van der Waals surface area contributed by atoms with Crippen molar-refractivity contribution in [3.05, 3.63) is 29.8 Å². The lowest BCUT2D eigenvalue weighted by molar-refractivity contribution is -0.118. The lowest BCUT2D eigenvalue weighted by Gasteiger charge is -2.17. The minimum absolute atomic E-state index is 0.108. The van der Waals surface area contributed by atoms with Gasteiger partial charge in [0.05, 0.1) is 6.04 Å². The van der Waals surface area contributed by atoms with Crippen LogP contribution in [0.15, 0.2) is 24.3 Å². The smallest absolute Gasteiger partial charge is 0.241 e. The first-order valence-corrected chi connectivity index (χ1v) is 6.23. The maximum Gasteiger partial charge on any atom is 0.241 e. The number of benzene rings is 1. The molecule has 94 valence electrons. The Morgan fingerprint density at radius 2 is 1.88 bits per heavy atom. The number of nitrogens with two attached hydrogens (primary N) is 1. The van der Waals surface area contributed by atoms with Gasteiger partial charge in [-0.2, -0.15) is 0 Å². The van der Waals surface area contributed by atoms with E-state index in [0.717, 1.165) is 18.5 Å². The Bertz CT molecular complexity index is 359. The van der Waals surface area contributed by atoms with Gasteiger partial charge in [0.15, 0.2) is 0 Å². The Labute approximate surface area is 103 Å². The van der Waals surface area contributed by atoms with Gasteiger partial charge in [0.1, 0.15) is 0 Å². The molecule has 1 aromatic carbocycles. The molecule has 0 saturated heterocycles. The molecule has 0 fully saturated rings. The molecule has 0 aliphatic heterocycles. The van der Waals surface area contributed by atoms with Crippen molar-refractivity contribution in [2.75, 3.05) is 5.32 Å². The van der Waals surface area contributed by atoms with Crippen LogP contribution in [0.2, 0.25) is 0 Å². The van der Waals surface area contributed by atoms with Crippen molar-refractivity contribution in [1.29, 1.82) is 0 Å². The van der Waals surface area contributed by atoms with E-state index in [9.17, 15) is 4.79 Å². The Hall–Kier alpha value is -1.35. The van der Waals surface area contributed by atoms with Crippen molar-refractivity contribution in [1.82, 2.24) is 0 Å². The first-order valence-electron chi connectivity index (χ1n) is 6.23. The van der Waals surface area contributed by atoms with Gasteiger partial charge in [0, 0.05) is 5.69 Å². The van der Waals surface area contributed by atoms with E-state index in [1.165, 1.54) is 5.56 Å². The SMILES string of the molecule is CCc1ccc(NC(=O)[C@@H](N)C(C)CC)cc1. The summed E-state index contributed by atoms with van der Waals surface area (Å²) in [6.45, 7) is 6.13. The van der Waals surface area contributed by atoms with Gasteiger partial charge in [0.25, 0.3) is 0 Å². The average Bonchev–Trinajstić information content (AvgIpc) is 2.37. The molecule has 0 heterocycles. The Morgan fingerprint density at radius 1 is 1.29 bits per heavy atom. The van der Waals surface area contributed by atoms with Gasteiger partial charge in [0.2, 0.25) is 5.91 Å². The quantitative estimate of drug-likeness (QED) is 0.822. The average molecular weight is 234 g/mol. The molecule has 0 aliphatic rings. The number of carbonyl (C=O) groups excluding carboxylic acids is 1. The maximum absolute atomic E-state index is 11.8. The first-order chi connectivity index (χ1) is 8.08. The Kier molecular flexibility index (Phi) is 5.16. The molecule has 1 rings (SSSR count). The number of amides is 1. The van der Waals surface area contributed by atoms with E-state index in [0.29, 0.717) is 0 Å². The van der Waals surface area contributed by atoms with E-state index in [2.05, 4.69) is 12.2 Å². The topological polar surface area (TPSA) is 55.1 Å². The zero-order valence-corrected chi connectivity index (χ0v) is 10.9. The Morgan fingerprint density at radius 3 is 2.35 bits per heavy atom. The van der Waals surface area contributed by atoms with Crippen molar-refractivity contribution in [2.45, 2.75) is 39.7 Å². The fourth-order valence-corrected chi connectivity index (χ4v) is 1.56. The number of hydrogen-bond donors (Lipinski definition) is 2. The van der Waals surface area contributed by atoms with E-state index in [-0.39, 0.29) is 11.8 Å². The van der Waals surface area contributed by atoms with Gasteiger partial charge in [-0.1, -0.05) is 39.3 Å². The number of nitrogens with one attached hydrogen (secondary N) is 1. The number of rotatable bonds is 5. The van der Waals surface area contributed by atoms with Crippen LogP contribution in [-0.4, -0.2) is 11.9 Å². The Balaban J connectivity index is 2.61. The number of carbonyl (C=O) groups is 1. The zero-order chi connectivity index (χ0) is 12.8. The van der Waals surface area contributed by atoms with Crippen LogP contribution in [-0.2, 0) is 11.2 Å². The fourth-order valence-electron chi connectivity index (χ4n) is 1.56. The summed E-state index contributed by atoms with van der Waals surface area (Å²) in [7, 11) is 0. The molecule has 0 saturated carbocycles. The highest BCUT2D eigenvalue weighted by Gasteiger charge is 2.19. The molecule has 0 aromatic heterocycles. The third kappa shape index (κ3) is 3.86. The van der Waals surface area contributed by atoms with Crippen LogP contribution in [0.4, 0.5) is 5.69 Å². The minimum Gasteiger partial charge on any atom is -0.325 e. The zero-order valence-electron chi connectivity index (χ0n) is 10.9. The molecule has 0 aliphatic carbocycles. The molecular weight excluding hydrogens is 212 g/mol. The lowest BCUT2D eigenvalue weighted by atomic mass is 9.99. The van der Waals surface area contributed by atoms with Crippen molar-refractivity contribution < 1.29 is 4.79 Å². The minimum atomic E-state index is -0.439. The van der Waals surface area contributed by atoms with E-state index in [1.807, 2.05) is 38.1 Å². The standard InChI is InChI=1S/C14H22N2O/c1-4-10(3)13(15)14(17)16-12-8-6-11(5-2)7-9-12/h6-10,13H,4-5,15H2,1-3H3,(H,16,17)/t10?,13-/m0/s1. The first kappa shape index (κ1) is 13.7. The number of hydrogen-bond acceptors (Lipinski definition) is 2. The summed E-state index contributed by atoms with van der Waals surface area (Å²) in [5, 5.41) is 2.84. The molecule has 1 amide bonds. The van der Waals surface area contributed by atoms with Crippen LogP contribution in [0.5, 0.6) is 0 Å². The molecule has 3 nitrogen and oxygen atoms in total. The van der Waals surface area contributed by atoms with Crippen LogP contribution >= 0.6 is 0 Å². The normalized spacial score (nSPS) is 14.1. The third-order valence-corrected chi connectivity index (χ3v) is 3.19. The predicted molar refractivity (Wildman–Crippen MR) is 71.9 cm³/mol. The van der Waals surface area contributed by atoms with E-state index < -0.39 is 6.04 Å². The van der Waals surface area contributed by atoms with Gasteiger partial charge in [-0.15, -0.1) is 0 Å². The second-order valence-corrected chi connectivity index (χ2v) is 4.45. The molecule has 0 bridgehead atoms. The van der Waals surface area contributed by atoms with Crippen LogP contribution in [0.1, 0.15) is 32.8 Å². The maximum atomic E-state index is 11.8. The lowest BCUT2D eigenvalue weighted by Crippen LogP contribution is -2.40. The van der Waals surface area contributed by atoms with Crippen molar-refractivity contribution in [3.63, 3.8) is 0 Å². The molecule has 3 N–H and O–H groups in total. The highest BCUT2D eigenvalue weighted by molar-refractivity contribution is 5.94. The van der Waals surface area contributed by atoms with E-state index in [4.69, 9.17) is 5.73 Å². The van der Waals surface area contributed by atoms with Crippen molar-refractivity contribution in [3.8, 4) is 0 Å². The van der Waals surface area contributed by atoms with Crippen LogP contribution in [0, 0.1) is 5.92 Å². The second-order valence-electron chi connectivity index (χ2n) is 4.45. The highest BCUT2D eigenvalue weighted by atomic mass is 16.2. The summed E-state index contributed by atoms with van der Waals surface area (Å²) in [5.41, 5.74) is 7.93. The summed E-state index contributed by atoms with van der Waals surface area (Å²) in [6.07, 6.45) is 1.91. The van der Waals surface area contributed by atoms with E-state index in [1.54, 1.807) is 0 Å². The highest BCUT2D eigenvalue weighted by Crippen LogP contribution is 2.12. The summed E-state index contributed by atoms with van der Waals surface area (Å²) in [4.78, 5) is 11.8. The van der Waals surface area contributed by atoms with Crippen LogP contribution in [0.3, 0.4) is 0 Å². The summed E-state index contributed by atoms with van der Waals surface area (Å²) < 4.78 is 0. The second kappa shape index (κ2) is 6.40. The van der Waals surface area contributed by atoms with Gasteiger partial charge in [-0.25, -0.2) is 0 Å². The number of anilines is 1. The third-order valence-electron chi connectivity index (χ3n) is 3.19. The summed E-state index contributed by atoms with van der Waals surface area (Å²) >= 11 is 0. The largest absolute Gasteiger partial charge is 0.325 e. The fraction of sp³-hybridized carbons (Fsp3) is 0.500. The summed E-state index contributed by atoms with van der Waals surface area (Å²) in [6, 6.07) is 7.43. The van der Waals surface area contributed by atoms with Crippen molar-refractivity contribution in [2.24, 2.45) is 11.7 Å². The van der Waals surface area contributed by atoms with Crippen LogP contribution in [0.25, 0.3) is 0 Å². The molecule has 1 aromatic rings. The molecule has 0 radical (unpaired) electrons. The van der Waals surface area contributed by atoms with Gasteiger partial charge in [-0.3, -0.25) is 4.79 Å². The van der Waals surface area contributed by atoms with E-state index >= 15 is 0 Å². The molecule has 0 spiro atoms. The molecular formula is C14H22N2O. The molecule has 17 heavy (non-hydrogen) atoms. The monoisotopic (exact) mass is 234 g/mol. The van der Waals surface area contributed by atoms with Crippen LogP contribution < -0.4 is 11.1 Å². The van der Waals surface area contributed by atoms with Gasteiger partial charge < -0.3 is 11.1 Å². The number of aryl methyl sites for hydroxylation is 1. The molecule has 3 heteroatoms. The van der Waals surface area contributed by atoms with Gasteiger partial charge in [-0.05, 0) is 30.0 Å². The van der Waals surface area contributed by atoms with Crippen molar-refractivity contribution >= 4 is 11.6 Å². The molecule has 1 unspecified atom stereocenters.